The summed E-state index contributed by atoms with van der Waals surface area (Å²) in [6, 6.07) is 11.0. The van der Waals surface area contributed by atoms with Gasteiger partial charge in [0.2, 0.25) is 21.7 Å². The smallest absolute Gasteiger partial charge is 0.242 e. The van der Waals surface area contributed by atoms with Crippen molar-refractivity contribution in [3.63, 3.8) is 0 Å². The van der Waals surface area contributed by atoms with Crippen molar-refractivity contribution in [1.82, 2.24) is 13.9 Å². The van der Waals surface area contributed by atoms with Crippen LogP contribution in [0.4, 0.5) is 10.1 Å². The van der Waals surface area contributed by atoms with E-state index < -0.39 is 15.8 Å². The third kappa shape index (κ3) is 5.45. The normalized spacial score (nSPS) is 11.5. The van der Waals surface area contributed by atoms with Crippen LogP contribution in [0.25, 0.3) is 0 Å². The standard InChI is InChI=1S/C22H23FN4O4S/c1-26-15-13-24-22(26)21(29)16-5-9-18(10-6-16)25-20(28)4-3-14-27(2)32(30,31)19-11-7-17(23)8-12-19/h5-13,15H,3-4,14H2,1-2H3,(H,25,28). The number of amides is 1. The topological polar surface area (TPSA) is 101 Å². The summed E-state index contributed by atoms with van der Waals surface area (Å²) in [5.74, 6) is -0.694. The number of benzene rings is 2. The molecule has 0 fully saturated rings. The second kappa shape index (κ2) is 9.84. The van der Waals surface area contributed by atoms with E-state index in [1.54, 1.807) is 48.3 Å². The molecule has 0 aliphatic carbocycles. The molecule has 3 aromatic rings. The van der Waals surface area contributed by atoms with E-state index in [2.05, 4.69) is 10.3 Å². The Hall–Kier alpha value is -3.37. The van der Waals surface area contributed by atoms with Crippen LogP contribution in [0.2, 0.25) is 0 Å². The molecule has 0 unspecified atom stereocenters. The van der Waals surface area contributed by atoms with Crippen molar-refractivity contribution < 1.29 is 22.4 Å². The van der Waals surface area contributed by atoms with Crippen molar-refractivity contribution in [2.24, 2.45) is 7.05 Å². The van der Waals surface area contributed by atoms with E-state index in [9.17, 15) is 22.4 Å². The third-order valence-electron chi connectivity index (χ3n) is 4.85. The molecule has 168 valence electrons. The van der Waals surface area contributed by atoms with Crippen LogP contribution in [0.1, 0.15) is 29.0 Å². The minimum absolute atomic E-state index is 0.00831. The Kier molecular flexibility index (Phi) is 7.16. The number of ketones is 1. The molecule has 0 bridgehead atoms. The number of sulfonamides is 1. The zero-order valence-corrected chi connectivity index (χ0v) is 18.5. The summed E-state index contributed by atoms with van der Waals surface area (Å²) in [7, 11) is -0.607. The minimum Gasteiger partial charge on any atom is -0.331 e. The van der Waals surface area contributed by atoms with Crippen molar-refractivity contribution >= 4 is 27.4 Å². The Morgan fingerprint density at radius 2 is 1.75 bits per heavy atom. The number of nitrogens with one attached hydrogen (secondary N) is 1. The number of hydrogen-bond acceptors (Lipinski definition) is 5. The van der Waals surface area contributed by atoms with Crippen molar-refractivity contribution in [1.29, 1.82) is 0 Å². The number of hydrogen-bond donors (Lipinski definition) is 1. The molecular formula is C22H23FN4O4S. The highest BCUT2D eigenvalue weighted by Crippen LogP contribution is 2.16. The Labute approximate surface area is 185 Å². The van der Waals surface area contributed by atoms with E-state index in [4.69, 9.17) is 0 Å². The van der Waals surface area contributed by atoms with Gasteiger partial charge in [-0.3, -0.25) is 9.59 Å². The second-order valence-electron chi connectivity index (χ2n) is 7.20. The molecule has 3 rings (SSSR count). The molecule has 0 radical (unpaired) electrons. The molecule has 0 aliphatic heterocycles. The van der Waals surface area contributed by atoms with Gasteiger partial charge in [0.15, 0.2) is 5.82 Å². The number of carbonyl (C=O) groups is 2. The largest absolute Gasteiger partial charge is 0.331 e. The van der Waals surface area contributed by atoms with Crippen LogP contribution in [0, 0.1) is 5.82 Å². The molecule has 1 amide bonds. The van der Waals surface area contributed by atoms with E-state index in [0.29, 0.717) is 23.5 Å². The minimum atomic E-state index is -3.75. The number of anilines is 1. The fourth-order valence-corrected chi connectivity index (χ4v) is 4.22. The van der Waals surface area contributed by atoms with Gasteiger partial charge in [0.25, 0.3) is 0 Å². The second-order valence-corrected chi connectivity index (χ2v) is 9.25. The Balaban J connectivity index is 1.50. The van der Waals surface area contributed by atoms with E-state index in [0.717, 1.165) is 16.4 Å². The summed E-state index contributed by atoms with van der Waals surface area (Å²) < 4.78 is 40.7. The first-order valence-electron chi connectivity index (χ1n) is 9.82. The highest BCUT2D eigenvalue weighted by molar-refractivity contribution is 7.89. The van der Waals surface area contributed by atoms with Crippen LogP contribution in [-0.4, -0.2) is 47.6 Å². The van der Waals surface area contributed by atoms with Crippen molar-refractivity contribution in [2.75, 3.05) is 18.9 Å². The number of rotatable bonds is 9. The van der Waals surface area contributed by atoms with Crippen LogP contribution in [0.15, 0.2) is 65.8 Å². The lowest BCUT2D eigenvalue weighted by atomic mass is 10.1. The summed E-state index contributed by atoms with van der Waals surface area (Å²) in [6.07, 6.45) is 3.64. The van der Waals surface area contributed by atoms with Gasteiger partial charge in [-0.1, -0.05) is 0 Å². The maximum atomic E-state index is 13.0. The number of aryl methyl sites for hydroxylation is 1. The molecule has 32 heavy (non-hydrogen) atoms. The van der Waals surface area contributed by atoms with Gasteiger partial charge in [0.05, 0.1) is 4.90 Å². The predicted molar refractivity (Wildman–Crippen MR) is 117 cm³/mol. The number of halogens is 1. The lowest BCUT2D eigenvalue weighted by Crippen LogP contribution is -2.28. The lowest BCUT2D eigenvalue weighted by molar-refractivity contribution is -0.116. The fraction of sp³-hybridized carbons (Fsp3) is 0.227. The molecule has 10 heteroatoms. The third-order valence-corrected chi connectivity index (χ3v) is 6.72. The van der Waals surface area contributed by atoms with Crippen LogP contribution >= 0.6 is 0 Å². The highest BCUT2D eigenvalue weighted by Gasteiger charge is 2.20. The monoisotopic (exact) mass is 458 g/mol. The highest BCUT2D eigenvalue weighted by atomic mass is 32.2. The molecule has 1 N–H and O–H groups in total. The number of carbonyl (C=O) groups excluding carboxylic acids is 2. The molecule has 0 atom stereocenters. The summed E-state index contributed by atoms with van der Waals surface area (Å²) in [6.45, 7) is 0.129. The Bertz CT molecular complexity index is 1210. The first-order chi connectivity index (χ1) is 15.2. The van der Waals surface area contributed by atoms with Crippen LogP contribution in [-0.2, 0) is 21.9 Å². The summed E-state index contributed by atoms with van der Waals surface area (Å²) in [5.41, 5.74) is 0.976. The number of aromatic nitrogens is 2. The summed E-state index contributed by atoms with van der Waals surface area (Å²) in [5, 5.41) is 2.72. The fourth-order valence-electron chi connectivity index (χ4n) is 3.01. The summed E-state index contributed by atoms with van der Waals surface area (Å²) in [4.78, 5) is 28.6. The van der Waals surface area contributed by atoms with Crippen molar-refractivity contribution in [3.05, 3.63) is 78.1 Å². The van der Waals surface area contributed by atoms with Gasteiger partial charge in [0, 0.05) is 50.7 Å². The molecule has 1 heterocycles. The van der Waals surface area contributed by atoms with Gasteiger partial charge >= 0.3 is 0 Å². The first kappa shape index (κ1) is 23.3. The average molecular weight is 459 g/mol. The zero-order chi connectivity index (χ0) is 23.3. The maximum absolute atomic E-state index is 13.0. The number of nitrogens with zero attached hydrogens (tertiary/aromatic N) is 3. The summed E-state index contributed by atoms with van der Waals surface area (Å²) >= 11 is 0. The van der Waals surface area contributed by atoms with Gasteiger partial charge in [0.1, 0.15) is 5.82 Å². The van der Waals surface area contributed by atoms with E-state index in [1.807, 2.05) is 0 Å². The molecule has 0 aliphatic rings. The Morgan fingerprint density at radius 3 is 2.34 bits per heavy atom. The van der Waals surface area contributed by atoms with Gasteiger partial charge < -0.3 is 9.88 Å². The van der Waals surface area contributed by atoms with E-state index in [-0.39, 0.29) is 29.6 Å². The lowest BCUT2D eigenvalue weighted by Gasteiger charge is -2.17. The van der Waals surface area contributed by atoms with Gasteiger partial charge in [-0.25, -0.2) is 22.1 Å². The maximum Gasteiger partial charge on any atom is 0.242 e. The van der Waals surface area contributed by atoms with Gasteiger partial charge in [-0.2, -0.15) is 0 Å². The van der Waals surface area contributed by atoms with Crippen molar-refractivity contribution in [3.8, 4) is 0 Å². The molecule has 1 aromatic heterocycles. The quantitative estimate of drug-likeness (QED) is 0.497. The van der Waals surface area contributed by atoms with Crippen LogP contribution in [0.3, 0.4) is 0 Å². The first-order valence-corrected chi connectivity index (χ1v) is 11.3. The van der Waals surface area contributed by atoms with Crippen molar-refractivity contribution in [2.45, 2.75) is 17.7 Å². The zero-order valence-electron chi connectivity index (χ0n) is 17.7. The van der Waals surface area contributed by atoms with E-state index in [1.165, 1.54) is 19.2 Å². The molecular weight excluding hydrogens is 435 g/mol. The van der Waals surface area contributed by atoms with Crippen LogP contribution in [0.5, 0.6) is 0 Å². The Morgan fingerprint density at radius 1 is 1.09 bits per heavy atom. The van der Waals surface area contributed by atoms with Gasteiger partial charge in [-0.15, -0.1) is 0 Å². The molecule has 0 spiro atoms. The molecule has 8 nitrogen and oxygen atoms in total. The molecule has 0 saturated heterocycles. The molecule has 0 saturated carbocycles. The number of imidazole rings is 1. The predicted octanol–water partition coefficient (Wildman–Crippen LogP) is 2.83. The molecule has 2 aromatic carbocycles. The average Bonchev–Trinajstić information content (AvgIpc) is 3.19. The van der Waals surface area contributed by atoms with Crippen LogP contribution < -0.4 is 5.32 Å². The van der Waals surface area contributed by atoms with Gasteiger partial charge in [-0.05, 0) is 55.0 Å². The SMILES string of the molecule is CN(CCCC(=O)Nc1ccc(C(=O)c2nccn2C)cc1)S(=O)(=O)c1ccc(F)cc1. The van der Waals surface area contributed by atoms with E-state index >= 15 is 0 Å².